The van der Waals surface area contributed by atoms with Crippen molar-refractivity contribution < 1.29 is 10.2 Å². The zero-order chi connectivity index (χ0) is 12.9. The van der Waals surface area contributed by atoms with E-state index in [2.05, 4.69) is 19.2 Å². The number of anilines is 1. The quantitative estimate of drug-likeness (QED) is 0.713. The standard InChI is InChI=1S/C14H23NO2/c1-4-14(5-2,10-16)9-15-12-7-6-11(3)13(17)8-12/h6-8,15-17H,4-5,9-10H2,1-3H3. The summed E-state index contributed by atoms with van der Waals surface area (Å²) < 4.78 is 0. The number of aromatic hydroxyl groups is 1. The van der Waals surface area contributed by atoms with Gasteiger partial charge in [0.25, 0.3) is 0 Å². The van der Waals surface area contributed by atoms with E-state index in [1.54, 1.807) is 6.07 Å². The van der Waals surface area contributed by atoms with E-state index in [9.17, 15) is 10.2 Å². The van der Waals surface area contributed by atoms with Gasteiger partial charge >= 0.3 is 0 Å². The maximum Gasteiger partial charge on any atom is 0.120 e. The van der Waals surface area contributed by atoms with E-state index in [1.807, 2.05) is 19.1 Å². The van der Waals surface area contributed by atoms with Gasteiger partial charge in [0.2, 0.25) is 0 Å². The van der Waals surface area contributed by atoms with Crippen LogP contribution in [0, 0.1) is 12.3 Å². The molecular weight excluding hydrogens is 214 g/mol. The summed E-state index contributed by atoms with van der Waals surface area (Å²) in [4.78, 5) is 0. The Bertz CT molecular complexity index is 351. The molecule has 0 aromatic heterocycles. The van der Waals surface area contributed by atoms with Crippen molar-refractivity contribution in [2.45, 2.75) is 33.6 Å². The Morgan fingerprint density at radius 3 is 2.35 bits per heavy atom. The van der Waals surface area contributed by atoms with Crippen LogP contribution in [0.25, 0.3) is 0 Å². The summed E-state index contributed by atoms with van der Waals surface area (Å²) in [6.45, 7) is 6.96. The first-order chi connectivity index (χ1) is 8.06. The molecule has 0 amide bonds. The molecule has 0 aliphatic heterocycles. The van der Waals surface area contributed by atoms with Gasteiger partial charge in [-0.3, -0.25) is 0 Å². The van der Waals surface area contributed by atoms with Crippen molar-refractivity contribution in [3.63, 3.8) is 0 Å². The van der Waals surface area contributed by atoms with E-state index in [1.165, 1.54) is 0 Å². The van der Waals surface area contributed by atoms with Gasteiger partial charge in [0.05, 0.1) is 6.61 Å². The first-order valence-electron chi connectivity index (χ1n) is 6.21. The third-order valence-corrected chi connectivity index (χ3v) is 3.71. The summed E-state index contributed by atoms with van der Waals surface area (Å²) in [7, 11) is 0. The highest BCUT2D eigenvalue weighted by Gasteiger charge is 2.24. The van der Waals surface area contributed by atoms with Crippen LogP contribution in [-0.2, 0) is 0 Å². The fourth-order valence-corrected chi connectivity index (χ4v) is 1.79. The fraction of sp³-hybridized carbons (Fsp3) is 0.571. The Morgan fingerprint density at radius 1 is 1.24 bits per heavy atom. The molecule has 3 heteroatoms. The zero-order valence-corrected chi connectivity index (χ0v) is 11.0. The molecule has 0 saturated heterocycles. The summed E-state index contributed by atoms with van der Waals surface area (Å²) in [5.41, 5.74) is 1.70. The van der Waals surface area contributed by atoms with Crippen LogP contribution in [0.2, 0.25) is 0 Å². The highest BCUT2D eigenvalue weighted by atomic mass is 16.3. The predicted molar refractivity (Wildman–Crippen MR) is 71.4 cm³/mol. The van der Waals surface area contributed by atoms with Gasteiger partial charge in [-0.1, -0.05) is 19.9 Å². The third-order valence-electron chi connectivity index (χ3n) is 3.71. The highest BCUT2D eigenvalue weighted by molar-refractivity contribution is 5.51. The summed E-state index contributed by atoms with van der Waals surface area (Å²) in [6, 6.07) is 5.56. The highest BCUT2D eigenvalue weighted by Crippen LogP contribution is 2.27. The Balaban J connectivity index is 2.68. The van der Waals surface area contributed by atoms with E-state index in [0.717, 1.165) is 30.6 Å². The van der Waals surface area contributed by atoms with E-state index in [-0.39, 0.29) is 12.0 Å². The van der Waals surface area contributed by atoms with E-state index in [4.69, 9.17) is 0 Å². The number of hydrogen-bond donors (Lipinski definition) is 3. The fourth-order valence-electron chi connectivity index (χ4n) is 1.79. The van der Waals surface area contributed by atoms with Crippen molar-refractivity contribution in [3.05, 3.63) is 23.8 Å². The van der Waals surface area contributed by atoms with Crippen LogP contribution < -0.4 is 5.32 Å². The normalized spacial score (nSPS) is 11.5. The van der Waals surface area contributed by atoms with Gasteiger partial charge < -0.3 is 15.5 Å². The molecule has 0 radical (unpaired) electrons. The van der Waals surface area contributed by atoms with Gasteiger partial charge in [0.1, 0.15) is 5.75 Å². The van der Waals surface area contributed by atoms with Crippen molar-refractivity contribution >= 4 is 5.69 Å². The number of nitrogens with one attached hydrogen (secondary N) is 1. The second-order valence-corrected chi connectivity index (χ2v) is 4.72. The molecule has 0 bridgehead atoms. The second-order valence-electron chi connectivity index (χ2n) is 4.72. The van der Waals surface area contributed by atoms with Crippen LogP contribution in [0.3, 0.4) is 0 Å². The lowest BCUT2D eigenvalue weighted by Gasteiger charge is -2.30. The average Bonchev–Trinajstić information content (AvgIpc) is 2.36. The lowest BCUT2D eigenvalue weighted by atomic mass is 9.83. The minimum absolute atomic E-state index is 0.0689. The van der Waals surface area contributed by atoms with Crippen LogP contribution in [-0.4, -0.2) is 23.4 Å². The predicted octanol–water partition coefficient (Wildman–Crippen LogP) is 2.91. The third kappa shape index (κ3) is 3.37. The van der Waals surface area contributed by atoms with Crippen molar-refractivity contribution in [1.29, 1.82) is 0 Å². The average molecular weight is 237 g/mol. The Kier molecular flexibility index (Phi) is 4.82. The number of aliphatic hydroxyl groups excluding tert-OH is 1. The summed E-state index contributed by atoms with van der Waals surface area (Å²) >= 11 is 0. The van der Waals surface area contributed by atoms with Gasteiger partial charge in [-0.2, -0.15) is 0 Å². The van der Waals surface area contributed by atoms with Gasteiger partial charge in [-0.15, -0.1) is 0 Å². The molecule has 3 N–H and O–H groups in total. The molecule has 0 spiro atoms. The number of phenolic OH excluding ortho intramolecular Hbond substituents is 1. The number of phenols is 1. The molecule has 1 aromatic carbocycles. The van der Waals surface area contributed by atoms with Crippen LogP contribution in [0.15, 0.2) is 18.2 Å². The second kappa shape index (κ2) is 5.92. The Morgan fingerprint density at radius 2 is 1.88 bits per heavy atom. The van der Waals surface area contributed by atoms with Gasteiger partial charge in [-0.05, 0) is 31.4 Å². The lowest BCUT2D eigenvalue weighted by Crippen LogP contribution is -2.32. The van der Waals surface area contributed by atoms with Gasteiger partial charge in [0.15, 0.2) is 0 Å². The molecule has 0 heterocycles. The monoisotopic (exact) mass is 237 g/mol. The van der Waals surface area contributed by atoms with Crippen LogP contribution in [0.5, 0.6) is 5.75 Å². The molecule has 1 rings (SSSR count). The van der Waals surface area contributed by atoms with Crippen molar-refractivity contribution in [2.75, 3.05) is 18.5 Å². The summed E-state index contributed by atoms with van der Waals surface area (Å²) in [5, 5.41) is 22.4. The molecule has 0 fully saturated rings. The zero-order valence-electron chi connectivity index (χ0n) is 11.0. The van der Waals surface area contributed by atoms with Crippen LogP contribution in [0.4, 0.5) is 5.69 Å². The minimum Gasteiger partial charge on any atom is -0.508 e. The Hall–Kier alpha value is -1.22. The molecule has 1 aromatic rings. The largest absolute Gasteiger partial charge is 0.508 e. The van der Waals surface area contributed by atoms with Crippen molar-refractivity contribution in [3.8, 4) is 5.75 Å². The van der Waals surface area contributed by atoms with Crippen LogP contribution in [0.1, 0.15) is 32.3 Å². The first kappa shape index (κ1) is 13.8. The summed E-state index contributed by atoms with van der Waals surface area (Å²) in [6.07, 6.45) is 1.87. The molecule has 0 saturated carbocycles. The number of hydrogen-bond acceptors (Lipinski definition) is 3. The van der Waals surface area contributed by atoms with Gasteiger partial charge in [0, 0.05) is 23.7 Å². The van der Waals surface area contributed by atoms with Crippen molar-refractivity contribution in [1.82, 2.24) is 0 Å². The number of aliphatic hydroxyl groups is 1. The van der Waals surface area contributed by atoms with Crippen molar-refractivity contribution in [2.24, 2.45) is 5.41 Å². The number of aryl methyl sites for hydroxylation is 1. The topological polar surface area (TPSA) is 52.5 Å². The van der Waals surface area contributed by atoms with Crippen LogP contribution >= 0.6 is 0 Å². The molecule has 0 unspecified atom stereocenters. The SMILES string of the molecule is CCC(CC)(CO)CNc1ccc(C)c(O)c1. The molecule has 96 valence electrons. The molecule has 0 aliphatic carbocycles. The van der Waals surface area contributed by atoms with E-state index >= 15 is 0 Å². The molecule has 3 nitrogen and oxygen atoms in total. The maximum absolute atomic E-state index is 9.61. The maximum atomic E-state index is 9.61. The van der Waals surface area contributed by atoms with E-state index < -0.39 is 0 Å². The van der Waals surface area contributed by atoms with Gasteiger partial charge in [-0.25, -0.2) is 0 Å². The smallest absolute Gasteiger partial charge is 0.120 e. The molecule has 0 atom stereocenters. The number of rotatable bonds is 6. The first-order valence-corrected chi connectivity index (χ1v) is 6.21. The Labute approximate surface area is 103 Å². The molecule has 0 aliphatic rings. The summed E-state index contributed by atoms with van der Waals surface area (Å²) in [5.74, 6) is 0.303. The number of benzene rings is 1. The lowest BCUT2D eigenvalue weighted by molar-refractivity contribution is 0.127. The van der Waals surface area contributed by atoms with E-state index in [0.29, 0.717) is 5.75 Å². The minimum atomic E-state index is -0.0689. The molecule has 17 heavy (non-hydrogen) atoms. The molecular formula is C14H23NO2.